The van der Waals surface area contributed by atoms with Crippen LogP contribution in [-0.2, 0) is 9.53 Å². The molecule has 58 valence electrons. The van der Waals surface area contributed by atoms with Crippen LogP contribution in [-0.4, -0.2) is 12.1 Å². The first-order valence-corrected chi connectivity index (χ1v) is 4.42. The van der Waals surface area contributed by atoms with Crippen molar-refractivity contribution >= 4 is 5.97 Å². The molecule has 0 aromatic heterocycles. The molecule has 4 saturated carbocycles. The Morgan fingerprint density at radius 3 is 3.00 bits per heavy atom. The summed E-state index contributed by atoms with van der Waals surface area (Å²) in [6.07, 6.45) is 2.75. The van der Waals surface area contributed by atoms with Crippen LogP contribution in [0.5, 0.6) is 0 Å². The van der Waals surface area contributed by atoms with Gasteiger partial charge in [-0.2, -0.15) is 0 Å². The lowest BCUT2D eigenvalue weighted by atomic mass is 9.72. The van der Waals surface area contributed by atoms with Crippen LogP contribution in [0.4, 0.5) is 0 Å². The molecule has 1 aliphatic heterocycles. The maximum atomic E-state index is 11.2. The number of rotatable bonds is 0. The fraction of sp³-hybridized carbons (Fsp3) is 0.889. The topological polar surface area (TPSA) is 26.3 Å². The first-order valence-electron chi connectivity index (χ1n) is 4.42. The summed E-state index contributed by atoms with van der Waals surface area (Å²) in [4.78, 5) is 11.2. The second-order valence-corrected chi connectivity index (χ2v) is 4.83. The summed E-state index contributed by atoms with van der Waals surface area (Å²) < 4.78 is 5.33. The van der Waals surface area contributed by atoms with Crippen molar-refractivity contribution in [1.82, 2.24) is 0 Å². The standard InChI is InChI=1S/C9H10O2/c1-8-4-2-5-6(10)11-7(8)9(5,8)3-4/h4-5,7H,2-3H2,1H3. The van der Waals surface area contributed by atoms with Crippen LogP contribution in [0.2, 0.25) is 0 Å². The van der Waals surface area contributed by atoms with Gasteiger partial charge in [-0.25, -0.2) is 0 Å². The largest absolute Gasteiger partial charge is 0.461 e. The molecule has 0 amide bonds. The Balaban J connectivity index is 1.99. The maximum Gasteiger partial charge on any atom is 0.309 e. The van der Waals surface area contributed by atoms with E-state index in [0.717, 1.165) is 12.3 Å². The van der Waals surface area contributed by atoms with Crippen LogP contribution in [0.3, 0.4) is 0 Å². The van der Waals surface area contributed by atoms with Crippen molar-refractivity contribution in [2.45, 2.75) is 25.9 Å². The molecule has 5 fully saturated rings. The Morgan fingerprint density at radius 2 is 2.45 bits per heavy atom. The first kappa shape index (κ1) is 5.18. The summed E-state index contributed by atoms with van der Waals surface area (Å²) in [5.74, 6) is 1.24. The quantitative estimate of drug-likeness (QED) is 0.481. The molecule has 2 heteroatoms. The molecule has 1 heterocycles. The average molecular weight is 150 g/mol. The fourth-order valence-corrected chi connectivity index (χ4v) is 4.37. The van der Waals surface area contributed by atoms with Crippen molar-refractivity contribution in [2.24, 2.45) is 22.7 Å². The summed E-state index contributed by atoms with van der Waals surface area (Å²) in [5.41, 5.74) is 0.820. The van der Waals surface area contributed by atoms with Gasteiger partial charge >= 0.3 is 5.97 Å². The average Bonchev–Trinajstić information content (AvgIpc) is 2.46. The van der Waals surface area contributed by atoms with Gasteiger partial charge in [0, 0.05) is 10.8 Å². The van der Waals surface area contributed by atoms with Crippen LogP contribution in [0.25, 0.3) is 0 Å². The molecule has 4 aliphatic carbocycles. The zero-order valence-electron chi connectivity index (χ0n) is 6.46. The highest BCUT2D eigenvalue weighted by Gasteiger charge is 2.96. The van der Waals surface area contributed by atoms with Gasteiger partial charge in [-0.3, -0.25) is 4.79 Å². The van der Waals surface area contributed by atoms with Gasteiger partial charge in [-0.05, 0) is 18.8 Å². The first-order chi connectivity index (χ1) is 5.21. The normalized spacial score (nSPS) is 73.9. The molecule has 5 aliphatic rings. The van der Waals surface area contributed by atoms with Gasteiger partial charge in [0.05, 0.1) is 5.92 Å². The minimum absolute atomic E-state index is 0.104. The predicted octanol–water partition coefficient (Wildman–Crippen LogP) is 0.958. The minimum Gasteiger partial charge on any atom is -0.461 e. The molecule has 0 aromatic rings. The van der Waals surface area contributed by atoms with Gasteiger partial charge < -0.3 is 4.74 Å². The fourth-order valence-electron chi connectivity index (χ4n) is 4.37. The number of hydrogen-bond donors (Lipinski definition) is 0. The third-order valence-corrected chi connectivity index (χ3v) is 5.02. The number of hydrogen-bond acceptors (Lipinski definition) is 2. The Kier molecular flexibility index (Phi) is 0.456. The number of esters is 1. The Labute approximate surface area is 64.9 Å². The molecular weight excluding hydrogens is 140 g/mol. The van der Waals surface area contributed by atoms with Crippen molar-refractivity contribution in [1.29, 1.82) is 0 Å². The van der Waals surface area contributed by atoms with Crippen molar-refractivity contribution in [3.63, 3.8) is 0 Å². The molecule has 0 aromatic carbocycles. The Morgan fingerprint density at radius 1 is 1.64 bits per heavy atom. The smallest absolute Gasteiger partial charge is 0.309 e. The number of ether oxygens (including phenoxy) is 1. The van der Waals surface area contributed by atoms with Crippen LogP contribution >= 0.6 is 0 Å². The molecular formula is C9H10O2. The molecule has 2 nitrogen and oxygen atoms in total. The highest BCUT2D eigenvalue weighted by atomic mass is 16.6. The molecule has 5 rings (SSSR count). The third-order valence-electron chi connectivity index (χ3n) is 5.02. The van der Waals surface area contributed by atoms with Crippen molar-refractivity contribution in [3.8, 4) is 0 Å². The molecule has 1 spiro atoms. The van der Waals surface area contributed by atoms with E-state index >= 15 is 0 Å². The second kappa shape index (κ2) is 0.970. The summed E-state index contributed by atoms with van der Waals surface area (Å²) in [7, 11) is 0. The van der Waals surface area contributed by atoms with Gasteiger partial charge in [-0.1, -0.05) is 6.92 Å². The molecule has 5 atom stereocenters. The zero-order chi connectivity index (χ0) is 7.43. The molecule has 1 saturated heterocycles. The van der Waals surface area contributed by atoms with E-state index in [9.17, 15) is 4.79 Å². The van der Waals surface area contributed by atoms with Gasteiger partial charge in [0.25, 0.3) is 0 Å². The highest BCUT2D eigenvalue weighted by molar-refractivity contribution is 5.82. The van der Waals surface area contributed by atoms with Crippen LogP contribution < -0.4 is 0 Å². The maximum absolute atomic E-state index is 11.2. The van der Waals surface area contributed by atoms with E-state index in [1.807, 2.05) is 0 Å². The lowest BCUT2D eigenvalue weighted by Crippen LogP contribution is -2.29. The van der Waals surface area contributed by atoms with E-state index in [2.05, 4.69) is 6.92 Å². The lowest BCUT2D eigenvalue weighted by molar-refractivity contribution is -0.145. The van der Waals surface area contributed by atoms with Gasteiger partial charge in [0.1, 0.15) is 6.10 Å². The second-order valence-electron chi connectivity index (χ2n) is 4.83. The zero-order valence-corrected chi connectivity index (χ0v) is 6.46. The van der Waals surface area contributed by atoms with E-state index in [0.29, 0.717) is 22.9 Å². The predicted molar refractivity (Wildman–Crippen MR) is 36.6 cm³/mol. The molecule has 5 unspecified atom stereocenters. The van der Waals surface area contributed by atoms with Gasteiger partial charge in [-0.15, -0.1) is 0 Å². The van der Waals surface area contributed by atoms with Crippen molar-refractivity contribution in [3.05, 3.63) is 0 Å². The van der Waals surface area contributed by atoms with Crippen LogP contribution in [0.15, 0.2) is 0 Å². The summed E-state index contributed by atoms with van der Waals surface area (Å²) >= 11 is 0. The van der Waals surface area contributed by atoms with Crippen molar-refractivity contribution in [2.75, 3.05) is 0 Å². The van der Waals surface area contributed by atoms with Crippen molar-refractivity contribution < 1.29 is 9.53 Å². The van der Waals surface area contributed by atoms with Crippen LogP contribution in [0.1, 0.15) is 19.8 Å². The van der Waals surface area contributed by atoms with E-state index in [1.165, 1.54) is 6.42 Å². The van der Waals surface area contributed by atoms with E-state index in [-0.39, 0.29) is 5.97 Å². The molecule has 0 N–H and O–H groups in total. The van der Waals surface area contributed by atoms with E-state index in [1.54, 1.807) is 0 Å². The Hall–Kier alpha value is -0.530. The van der Waals surface area contributed by atoms with Gasteiger partial charge in [0.15, 0.2) is 0 Å². The van der Waals surface area contributed by atoms with E-state index < -0.39 is 0 Å². The molecule has 2 bridgehead atoms. The minimum atomic E-state index is 0.104. The number of carbonyl (C=O) groups is 1. The molecule has 0 radical (unpaired) electrons. The summed E-state index contributed by atoms with van der Waals surface area (Å²) in [6, 6.07) is 0. The van der Waals surface area contributed by atoms with E-state index in [4.69, 9.17) is 4.74 Å². The third kappa shape index (κ3) is 0.235. The highest BCUT2D eigenvalue weighted by Crippen LogP contribution is 2.92. The van der Waals surface area contributed by atoms with Gasteiger partial charge in [0.2, 0.25) is 0 Å². The summed E-state index contributed by atoms with van der Waals surface area (Å²) in [5, 5.41) is 0. The SMILES string of the molecule is CC12C3CC4C(=O)OC1C42C3. The monoisotopic (exact) mass is 150 g/mol. The Bertz CT molecular complexity index is 298. The lowest BCUT2D eigenvalue weighted by Gasteiger charge is -2.30. The number of carbonyl (C=O) groups excluding carboxylic acids is 1. The summed E-state index contributed by atoms with van der Waals surface area (Å²) in [6.45, 7) is 2.30. The van der Waals surface area contributed by atoms with Crippen LogP contribution in [0, 0.1) is 22.7 Å². The molecule has 11 heavy (non-hydrogen) atoms.